The van der Waals surface area contributed by atoms with Crippen molar-refractivity contribution in [2.24, 2.45) is 0 Å². The second kappa shape index (κ2) is 46.6. The van der Waals surface area contributed by atoms with Crippen LogP contribution in [-0.4, -0.2) is 41.0 Å². The van der Waals surface area contributed by atoms with E-state index < -0.39 is 32.5 Å². The van der Waals surface area contributed by atoms with Gasteiger partial charge in [0.25, 0.3) is 0 Å². The van der Waals surface area contributed by atoms with Crippen molar-refractivity contribution >= 4 is 19.8 Å². The first-order chi connectivity index (χ1) is 28.8. The first-order valence-corrected chi connectivity index (χ1v) is 27.4. The highest BCUT2D eigenvalue weighted by Crippen LogP contribution is 2.36. The van der Waals surface area contributed by atoms with E-state index in [4.69, 9.17) is 19.3 Å². The fraction of sp³-hybridized carbons (Fsp3) is 0.960. The van der Waals surface area contributed by atoms with Crippen molar-refractivity contribution in [1.82, 2.24) is 0 Å². The molecule has 0 fully saturated rings. The minimum Gasteiger partial charge on any atom is -0.462 e. The number of ether oxygens (including phenoxy) is 2. The van der Waals surface area contributed by atoms with E-state index in [1.807, 2.05) is 0 Å². The van der Waals surface area contributed by atoms with E-state index >= 15 is 0 Å². The van der Waals surface area contributed by atoms with Crippen LogP contribution in [0.3, 0.4) is 0 Å². The Labute approximate surface area is 365 Å². The van der Waals surface area contributed by atoms with Crippen LogP contribution >= 0.6 is 7.82 Å². The molecular weight excluding hydrogens is 760 g/mol. The number of hydrogen-bond acceptors (Lipinski definition) is 6. The lowest BCUT2D eigenvalue weighted by molar-refractivity contribution is -0.161. The number of unbranched alkanes of at least 4 members (excludes halogenated alkanes) is 39. The van der Waals surface area contributed by atoms with Crippen LogP contribution < -0.4 is 0 Å². The van der Waals surface area contributed by atoms with Gasteiger partial charge in [0.15, 0.2) is 6.10 Å². The quantitative estimate of drug-likeness (QED) is 0.0353. The van der Waals surface area contributed by atoms with Crippen LogP contribution in [0, 0.1) is 0 Å². The van der Waals surface area contributed by atoms with E-state index in [1.54, 1.807) is 0 Å². The Morgan fingerprint density at radius 1 is 0.373 bits per heavy atom. The van der Waals surface area contributed by atoms with Gasteiger partial charge in [-0.3, -0.25) is 14.1 Å². The van der Waals surface area contributed by atoms with Crippen molar-refractivity contribution in [3.05, 3.63) is 0 Å². The molecule has 0 aliphatic rings. The molecule has 0 aliphatic carbocycles. The van der Waals surface area contributed by atoms with Crippen LogP contribution in [0.25, 0.3) is 0 Å². The summed E-state index contributed by atoms with van der Waals surface area (Å²) in [6, 6.07) is 0. The molecule has 59 heavy (non-hydrogen) atoms. The van der Waals surface area contributed by atoms with Gasteiger partial charge in [-0.05, 0) is 12.8 Å². The molecule has 0 saturated heterocycles. The molecule has 0 aromatic carbocycles. The van der Waals surface area contributed by atoms with Crippen molar-refractivity contribution in [3.63, 3.8) is 0 Å². The fourth-order valence-electron chi connectivity index (χ4n) is 8.03. The normalized spacial score (nSPS) is 12.3. The Morgan fingerprint density at radius 3 is 0.864 bits per heavy atom. The van der Waals surface area contributed by atoms with E-state index in [9.17, 15) is 14.2 Å². The molecule has 0 aliphatic heterocycles. The first-order valence-electron chi connectivity index (χ1n) is 25.8. The standard InChI is InChI=1S/C50H99O8P/c1-3-5-7-9-11-13-15-17-19-21-23-24-25-27-29-31-33-35-37-39-41-43-45-50(52)58-48(47-57-59(53,54)55)46-56-49(51)44-42-40-38-36-34-32-30-28-26-22-20-18-16-14-12-10-8-6-4-2/h48H,3-47H2,1-2H3,(H2,53,54,55). The molecule has 1 atom stereocenters. The van der Waals surface area contributed by atoms with Crippen molar-refractivity contribution in [3.8, 4) is 0 Å². The van der Waals surface area contributed by atoms with Crippen molar-refractivity contribution in [1.29, 1.82) is 0 Å². The van der Waals surface area contributed by atoms with Gasteiger partial charge in [-0.1, -0.05) is 264 Å². The summed E-state index contributed by atoms with van der Waals surface area (Å²) >= 11 is 0. The first kappa shape index (κ1) is 58.0. The van der Waals surface area contributed by atoms with Crippen LogP contribution in [0.2, 0.25) is 0 Å². The number of phosphoric ester groups is 1. The highest BCUT2D eigenvalue weighted by atomic mass is 31.2. The summed E-state index contributed by atoms with van der Waals surface area (Å²) in [5.41, 5.74) is 0. The number of hydrogen-bond donors (Lipinski definition) is 2. The van der Waals surface area contributed by atoms with Crippen LogP contribution in [-0.2, 0) is 28.2 Å². The molecular formula is C50H99O8P. The number of carbonyl (C=O) groups is 2. The Morgan fingerprint density at radius 2 is 0.610 bits per heavy atom. The molecule has 1 unspecified atom stereocenters. The molecule has 0 aromatic heterocycles. The van der Waals surface area contributed by atoms with Crippen LogP contribution in [0.1, 0.15) is 290 Å². The summed E-state index contributed by atoms with van der Waals surface area (Å²) < 4.78 is 26.6. The Bertz CT molecular complexity index is 925. The van der Waals surface area contributed by atoms with E-state index in [2.05, 4.69) is 18.4 Å². The Hall–Kier alpha value is -0.950. The fourth-order valence-corrected chi connectivity index (χ4v) is 8.39. The van der Waals surface area contributed by atoms with Gasteiger partial charge in [0.1, 0.15) is 6.61 Å². The van der Waals surface area contributed by atoms with Crippen molar-refractivity contribution in [2.45, 2.75) is 296 Å². The topological polar surface area (TPSA) is 119 Å². The van der Waals surface area contributed by atoms with Gasteiger partial charge >= 0.3 is 19.8 Å². The molecule has 0 bridgehead atoms. The average molecular weight is 859 g/mol. The predicted molar refractivity (Wildman–Crippen MR) is 249 cm³/mol. The summed E-state index contributed by atoms with van der Waals surface area (Å²) in [7, 11) is -4.75. The van der Waals surface area contributed by atoms with Crippen LogP contribution in [0.4, 0.5) is 0 Å². The van der Waals surface area contributed by atoms with E-state index in [0.717, 1.165) is 32.1 Å². The van der Waals surface area contributed by atoms with Gasteiger partial charge in [-0.25, -0.2) is 4.57 Å². The molecule has 0 aromatic rings. The molecule has 0 amide bonds. The third-order valence-electron chi connectivity index (χ3n) is 11.9. The summed E-state index contributed by atoms with van der Waals surface area (Å²) in [4.78, 5) is 43.1. The van der Waals surface area contributed by atoms with Gasteiger partial charge in [0, 0.05) is 12.8 Å². The van der Waals surface area contributed by atoms with Gasteiger partial charge < -0.3 is 19.3 Å². The van der Waals surface area contributed by atoms with E-state index in [-0.39, 0.29) is 19.4 Å². The van der Waals surface area contributed by atoms with E-state index in [1.165, 1.54) is 225 Å². The lowest BCUT2D eigenvalue weighted by Gasteiger charge is -2.18. The highest BCUT2D eigenvalue weighted by Gasteiger charge is 2.23. The maximum absolute atomic E-state index is 12.5. The molecule has 8 nitrogen and oxygen atoms in total. The van der Waals surface area contributed by atoms with Crippen molar-refractivity contribution < 1.29 is 37.9 Å². The average Bonchev–Trinajstić information content (AvgIpc) is 3.21. The molecule has 352 valence electrons. The maximum Gasteiger partial charge on any atom is 0.469 e. The number of rotatable bonds is 49. The summed E-state index contributed by atoms with van der Waals surface area (Å²) in [5.74, 6) is -0.860. The molecule has 2 N–H and O–H groups in total. The molecule has 0 spiro atoms. The lowest BCUT2D eigenvalue weighted by atomic mass is 10.0. The van der Waals surface area contributed by atoms with E-state index in [0.29, 0.717) is 6.42 Å². The van der Waals surface area contributed by atoms with Gasteiger partial charge in [0.2, 0.25) is 0 Å². The van der Waals surface area contributed by atoms with Gasteiger partial charge in [-0.15, -0.1) is 0 Å². The smallest absolute Gasteiger partial charge is 0.462 e. The molecule has 0 rings (SSSR count). The number of phosphoric acid groups is 1. The second-order valence-corrected chi connectivity index (χ2v) is 19.1. The Balaban J connectivity index is 3.75. The SMILES string of the molecule is CCCCCCCCCCCCCCCCCCCCCCCCC(=O)OC(COC(=O)CCCCCCCCCCCCCCCCCCCCC)COP(=O)(O)O. The van der Waals surface area contributed by atoms with Crippen molar-refractivity contribution in [2.75, 3.05) is 13.2 Å². The zero-order valence-corrected chi connectivity index (χ0v) is 40.1. The third-order valence-corrected chi connectivity index (χ3v) is 12.4. The molecule has 0 saturated carbocycles. The zero-order valence-electron chi connectivity index (χ0n) is 39.2. The van der Waals surface area contributed by atoms with Crippen LogP contribution in [0.5, 0.6) is 0 Å². The number of carbonyl (C=O) groups excluding carboxylic acids is 2. The maximum atomic E-state index is 12.5. The molecule has 0 heterocycles. The van der Waals surface area contributed by atoms with Gasteiger partial charge in [0.05, 0.1) is 6.61 Å². The summed E-state index contributed by atoms with van der Waals surface area (Å²) in [5, 5.41) is 0. The molecule has 9 heteroatoms. The van der Waals surface area contributed by atoms with Gasteiger partial charge in [-0.2, -0.15) is 0 Å². The second-order valence-electron chi connectivity index (χ2n) is 17.9. The lowest BCUT2D eigenvalue weighted by Crippen LogP contribution is -2.29. The summed E-state index contributed by atoms with van der Waals surface area (Å²) in [6.45, 7) is 3.75. The minimum absolute atomic E-state index is 0.221. The molecule has 0 radical (unpaired) electrons. The monoisotopic (exact) mass is 859 g/mol. The predicted octanol–water partition coefficient (Wildman–Crippen LogP) is 16.4. The third kappa shape index (κ3) is 49.6. The Kier molecular flexibility index (Phi) is 45.8. The zero-order chi connectivity index (χ0) is 43.2. The highest BCUT2D eigenvalue weighted by molar-refractivity contribution is 7.46. The largest absolute Gasteiger partial charge is 0.469 e. The summed E-state index contributed by atoms with van der Waals surface area (Å²) in [6.07, 6.45) is 52.7. The van der Waals surface area contributed by atoms with Crippen LogP contribution in [0.15, 0.2) is 0 Å². The minimum atomic E-state index is -4.75. The number of esters is 2.